The molecule has 0 amide bonds. The van der Waals surface area contributed by atoms with Gasteiger partial charge in [0.15, 0.2) is 0 Å². The first-order valence-electron chi connectivity index (χ1n) is 9.59. The van der Waals surface area contributed by atoms with E-state index >= 15 is 0 Å². The van der Waals surface area contributed by atoms with Gasteiger partial charge in [-0.1, -0.05) is 57.8 Å². The number of piperidine rings is 1. The van der Waals surface area contributed by atoms with Gasteiger partial charge < -0.3 is 9.64 Å². The lowest BCUT2D eigenvalue weighted by molar-refractivity contribution is -0.142. The number of hydrogen-bond acceptors (Lipinski definition) is 3. The van der Waals surface area contributed by atoms with Gasteiger partial charge in [0.25, 0.3) is 0 Å². The standard InChI is InChI=1S/C19H35NO2/c1-22-19(21)15-18-16-20-13-10-8-6-4-2-3-5-7-9-11-17(18)12-14-20/h17-18H,2-16H2,1H3. The Labute approximate surface area is 136 Å². The molecule has 0 aliphatic carbocycles. The Bertz CT molecular complexity index is 315. The van der Waals surface area contributed by atoms with E-state index in [2.05, 4.69) is 4.90 Å². The van der Waals surface area contributed by atoms with E-state index in [0.717, 1.165) is 12.5 Å². The maximum absolute atomic E-state index is 11.7. The molecule has 128 valence electrons. The van der Waals surface area contributed by atoms with E-state index in [1.54, 1.807) is 0 Å². The zero-order chi connectivity index (χ0) is 15.6. The molecule has 22 heavy (non-hydrogen) atoms. The fourth-order valence-corrected chi connectivity index (χ4v) is 4.25. The Morgan fingerprint density at radius 3 is 2.23 bits per heavy atom. The maximum Gasteiger partial charge on any atom is 0.305 e. The zero-order valence-electron chi connectivity index (χ0n) is 14.5. The summed E-state index contributed by atoms with van der Waals surface area (Å²) in [7, 11) is 1.52. The Balaban J connectivity index is 1.90. The van der Waals surface area contributed by atoms with Crippen LogP contribution in [-0.4, -0.2) is 37.6 Å². The van der Waals surface area contributed by atoms with Crippen molar-refractivity contribution in [3.63, 3.8) is 0 Å². The predicted molar refractivity (Wildman–Crippen MR) is 90.8 cm³/mol. The molecule has 0 spiro atoms. The Hall–Kier alpha value is -0.570. The molecule has 0 aromatic heterocycles. The van der Waals surface area contributed by atoms with E-state index < -0.39 is 0 Å². The van der Waals surface area contributed by atoms with Crippen molar-refractivity contribution in [3.05, 3.63) is 0 Å². The molecule has 3 unspecified atom stereocenters. The second kappa shape index (κ2) is 10.3. The normalized spacial score (nSPS) is 32.0. The molecule has 0 aromatic rings. The summed E-state index contributed by atoms with van der Waals surface area (Å²) < 4.78 is 4.93. The average Bonchev–Trinajstić information content (AvgIpc) is 2.54. The molecular weight excluding hydrogens is 274 g/mol. The summed E-state index contributed by atoms with van der Waals surface area (Å²) in [4.78, 5) is 14.3. The number of hydrogen-bond donors (Lipinski definition) is 0. The van der Waals surface area contributed by atoms with Gasteiger partial charge in [0.05, 0.1) is 7.11 Å². The summed E-state index contributed by atoms with van der Waals surface area (Å²) in [5.74, 6) is 1.24. The third kappa shape index (κ3) is 6.28. The van der Waals surface area contributed by atoms with Gasteiger partial charge in [0.1, 0.15) is 0 Å². The average molecular weight is 309 g/mol. The quantitative estimate of drug-likeness (QED) is 0.708. The van der Waals surface area contributed by atoms with E-state index in [0.29, 0.717) is 12.3 Å². The van der Waals surface area contributed by atoms with Crippen molar-refractivity contribution < 1.29 is 9.53 Å². The predicted octanol–water partition coefficient (Wildman–Crippen LogP) is 4.40. The van der Waals surface area contributed by atoms with Crippen molar-refractivity contribution in [2.24, 2.45) is 11.8 Å². The lowest BCUT2D eigenvalue weighted by atomic mass is 9.80. The molecule has 0 N–H and O–H groups in total. The number of carbonyl (C=O) groups is 1. The van der Waals surface area contributed by atoms with E-state index in [9.17, 15) is 4.79 Å². The van der Waals surface area contributed by atoms with Crippen LogP contribution in [0.15, 0.2) is 0 Å². The zero-order valence-corrected chi connectivity index (χ0v) is 14.5. The van der Waals surface area contributed by atoms with Crippen molar-refractivity contribution in [1.29, 1.82) is 0 Å². The Kier molecular flexibility index (Phi) is 8.28. The lowest BCUT2D eigenvalue weighted by Crippen LogP contribution is -2.41. The highest BCUT2D eigenvalue weighted by molar-refractivity contribution is 5.69. The van der Waals surface area contributed by atoms with Crippen LogP contribution in [0.25, 0.3) is 0 Å². The number of rotatable bonds is 2. The highest BCUT2D eigenvalue weighted by Crippen LogP contribution is 2.31. The van der Waals surface area contributed by atoms with Gasteiger partial charge in [0, 0.05) is 13.0 Å². The van der Waals surface area contributed by atoms with E-state index in [-0.39, 0.29) is 5.97 Å². The van der Waals surface area contributed by atoms with E-state index in [4.69, 9.17) is 4.74 Å². The molecular formula is C19H35NO2. The van der Waals surface area contributed by atoms with Crippen LogP contribution in [0, 0.1) is 11.8 Å². The number of ether oxygens (including phenoxy) is 1. The molecule has 3 saturated heterocycles. The number of methoxy groups -OCH3 is 1. The van der Waals surface area contributed by atoms with Crippen LogP contribution in [0.2, 0.25) is 0 Å². The minimum absolute atomic E-state index is 0.0187. The fraction of sp³-hybridized carbons (Fsp3) is 0.947. The van der Waals surface area contributed by atoms with Gasteiger partial charge in [-0.2, -0.15) is 0 Å². The van der Waals surface area contributed by atoms with Crippen LogP contribution in [-0.2, 0) is 9.53 Å². The third-order valence-corrected chi connectivity index (χ3v) is 5.68. The molecule has 0 aromatic carbocycles. The highest BCUT2D eigenvalue weighted by Gasteiger charge is 2.30. The molecule has 3 heterocycles. The molecule has 2 bridgehead atoms. The van der Waals surface area contributed by atoms with Crippen molar-refractivity contribution >= 4 is 5.97 Å². The molecule has 3 atom stereocenters. The van der Waals surface area contributed by atoms with Crippen molar-refractivity contribution in [2.45, 2.75) is 77.0 Å². The SMILES string of the molecule is COC(=O)CC1CN2CCCCCCCCCCCC1CC2. The summed E-state index contributed by atoms with van der Waals surface area (Å²) in [6.07, 6.45) is 15.7. The molecule has 0 radical (unpaired) electrons. The summed E-state index contributed by atoms with van der Waals surface area (Å²) in [5.41, 5.74) is 0. The number of carbonyl (C=O) groups excluding carboxylic acids is 1. The first kappa shape index (κ1) is 17.8. The minimum Gasteiger partial charge on any atom is -0.469 e. The van der Waals surface area contributed by atoms with Gasteiger partial charge in [-0.15, -0.1) is 0 Å². The van der Waals surface area contributed by atoms with Gasteiger partial charge in [0.2, 0.25) is 0 Å². The van der Waals surface area contributed by atoms with Gasteiger partial charge >= 0.3 is 5.97 Å². The number of esters is 1. The van der Waals surface area contributed by atoms with Crippen LogP contribution in [0.1, 0.15) is 77.0 Å². The topological polar surface area (TPSA) is 29.5 Å². The molecule has 3 rings (SSSR count). The first-order valence-corrected chi connectivity index (χ1v) is 9.59. The lowest BCUT2D eigenvalue weighted by Gasteiger charge is -2.38. The molecule has 3 aliphatic rings. The van der Waals surface area contributed by atoms with Crippen LogP contribution in [0.4, 0.5) is 0 Å². The smallest absolute Gasteiger partial charge is 0.305 e. The highest BCUT2D eigenvalue weighted by atomic mass is 16.5. The van der Waals surface area contributed by atoms with Crippen molar-refractivity contribution in [2.75, 3.05) is 26.7 Å². The fourth-order valence-electron chi connectivity index (χ4n) is 4.25. The summed E-state index contributed by atoms with van der Waals surface area (Å²) >= 11 is 0. The summed E-state index contributed by atoms with van der Waals surface area (Å²) in [6, 6.07) is 0. The second-order valence-corrected chi connectivity index (χ2v) is 7.36. The maximum atomic E-state index is 11.7. The van der Waals surface area contributed by atoms with Gasteiger partial charge in [-0.3, -0.25) is 4.79 Å². The van der Waals surface area contributed by atoms with Crippen LogP contribution in [0.3, 0.4) is 0 Å². The summed E-state index contributed by atoms with van der Waals surface area (Å²) in [5, 5.41) is 0. The Morgan fingerprint density at radius 2 is 1.55 bits per heavy atom. The van der Waals surface area contributed by atoms with Crippen molar-refractivity contribution in [3.8, 4) is 0 Å². The molecule has 3 nitrogen and oxygen atoms in total. The van der Waals surface area contributed by atoms with Crippen LogP contribution in [0.5, 0.6) is 0 Å². The van der Waals surface area contributed by atoms with Gasteiger partial charge in [-0.25, -0.2) is 0 Å². The molecule has 3 fully saturated rings. The molecule has 3 aliphatic heterocycles. The number of fused-ring (bicyclic) bond motifs is 12. The largest absolute Gasteiger partial charge is 0.469 e. The van der Waals surface area contributed by atoms with E-state index in [1.165, 1.54) is 90.8 Å². The minimum atomic E-state index is -0.0187. The molecule has 3 heteroatoms. The van der Waals surface area contributed by atoms with Gasteiger partial charge in [-0.05, 0) is 37.8 Å². The van der Waals surface area contributed by atoms with E-state index in [1.807, 2.05) is 0 Å². The summed E-state index contributed by atoms with van der Waals surface area (Å²) in [6.45, 7) is 3.58. The Morgan fingerprint density at radius 1 is 0.909 bits per heavy atom. The molecule has 0 saturated carbocycles. The third-order valence-electron chi connectivity index (χ3n) is 5.68. The number of nitrogens with zero attached hydrogens (tertiary/aromatic N) is 1. The first-order chi connectivity index (χ1) is 10.8. The second-order valence-electron chi connectivity index (χ2n) is 7.36. The van der Waals surface area contributed by atoms with Crippen LogP contribution < -0.4 is 0 Å². The van der Waals surface area contributed by atoms with Crippen molar-refractivity contribution in [1.82, 2.24) is 4.90 Å². The van der Waals surface area contributed by atoms with Crippen LogP contribution >= 0.6 is 0 Å². The monoisotopic (exact) mass is 309 g/mol.